The number of halogens is 1. The van der Waals surface area contributed by atoms with E-state index in [0.29, 0.717) is 16.7 Å². The highest BCUT2D eigenvalue weighted by atomic mass is 19.1. The second-order valence-corrected chi connectivity index (χ2v) is 6.14. The van der Waals surface area contributed by atoms with Crippen LogP contribution in [-0.2, 0) is 4.74 Å². The van der Waals surface area contributed by atoms with Crippen molar-refractivity contribution in [1.29, 1.82) is 0 Å². The first-order chi connectivity index (χ1) is 13.0. The Morgan fingerprint density at radius 1 is 0.778 bits per heavy atom. The summed E-state index contributed by atoms with van der Waals surface area (Å²) >= 11 is 0. The second-order valence-electron chi connectivity index (χ2n) is 6.14. The minimum Gasteiger partial charge on any atom is -0.454 e. The molecule has 4 nitrogen and oxygen atoms in total. The van der Waals surface area contributed by atoms with Crippen LogP contribution in [0, 0.1) is 5.82 Å². The van der Waals surface area contributed by atoms with Gasteiger partial charge in [-0.15, -0.1) is 0 Å². The molecule has 0 aliphatic heterocycles. The van der Waals surface area contributed by atoms with E-state index in [2.05, 4.69) is 0 Å². The Balaban J connectivity index is 1.52. The van der Waals surface area contributed by atoms with E-state index in [1.54, 1.807) is 24.3 Å². The molecule has 0 bridgehead atoms. The van der Waals surface area contributed by atoms with E-state index in [9.17, 15) is 18.8 Å². The fourth-order valence-corrected chi connectivity index (χ4v) is 3.09. The Morgan fingerprint density at radius 2 is 1.41 bits per heavy atom. The van der Waals surface area contributed by atoms with Crippen LogP contribution < -0.4 is 0 Å². The Bertz CT molecular complexity index is 1080. The number of hydrogen-bond acceptors (Lipinski definition) is 4. The van der Waals surface area contributed by atoms with E-state index in [4.69, 9.17) is 4.74 Å². The highest BCUT2D eigenvalue weighted by molar-refractivity contribution is 6.22. The van der Waals surface area contributed by atoms with Gasteiger partial charge < -0.3 is 4.74 Å². The average molecular weight is 360 g/mol. The molecule has 3 aromatic carbocycles. The van der Waals surface area contributed by atoms with E-state index in [1.807, 2.05) is 12.1 Å². The lowest BCUT2D eigenvalue weighted by Crippen LogP contribution is -2.14. The van der Waals surface area contributed by atoms with Crippen molar-refractivity contribution >= 4 is 17.5 Å². The molecule has 3 aromatic rings. The minimum atomic E-state index is -0.662. The summed E-state index contributed by atoms with van der Waals surface area (Å²) in [6.07, 6.45) is 0. The van der Waals surface area contributed by atoms with Crippen molar-refractivity contribution in [3.8, 4) is 11.1 Å². The van der Waals surface area contributed by atoms with Crippen molar-refractivity contribution in [1.82, 2.24) is 0 Å². The van der Waals surface area contributed by atoms with Crippen LogP contribution in [0.2, 0.25) is 0 Å². The number of fused-ring (bicyclic) bond motifs is 3. The maximum absolute atomic E-state index is 12.9. The van der Waals surface area contributed by atoms with Gasteiger partial charge in [0, 0.05) is 16.7 Å². The average Bonchev–Trinajstić information content (AvgIpc) is 2.98. The first-order valence-electron chi connectivity index (χ1n) is 8.28. The summed E-state index contributed by atoms with van der Waals surface area (Å²) in [7, 11) is 0. The zero-order valence-electron chi connectivity index (χ0n) is 14.1. The first kappa shape index (κ1) is 16.8. The summed E-state index contributed by atoms with van der Waals surface area (Å²) in [5.74, 6) is -1.61. The normalized spacial score (nSPS) is 11.7. The lowest BCUT2D eigenvalue weighted by atomic mass is 10.0. The Kier molecular flexibility index (Phi) is 4.12. The molecule has 0 heterocycles. The predicted octanol–water partition coefficient (Wildman–Crippen LogP) is 4.08. The van der Waals surface area contributed by atoms with Gasteiger partial charge in [0.05, 0.1) is 5.56 Å². The molecule has 0 atom stereocenters. The molecule has 0 unspecified atom stereocenters. The number of esters is 1. The molecular weight excluding hydrogens is 347 g/mol. The monoisotopic (exact) mass is 360 g/mol. The van der Waals surface area contributed by atoms with Gasteiger partial charge >= 0.3 is 5.97 Å². The second kappa shape index (κ2) is 6.61. The summed E-state index contributed by atoms with van der Waals surface area (Å²) in [6.45, 7) is -0.447. The molecule has 5 heteroatoms. The molecule has 132 valence electrons. The van der Waals surface area contributed by atoms with Crippen LogP contribution in [-0.4, -0.2) is 24.1 Å². The SMILES string of the molecule is O=C(COC(=O)c1ccc2c(c1)-c1ccccc1C2=O)c1ccc(F)cc1. The molecule has 0 radical (unpaired) electrons. The number of rotatable bonds is 4. The van der Waals surface area contributed by atoms with Gasteiger partial charge in [0.15, 0.2) is 18.2 Å². The van der Waals surface area contributed by atoms with Crippen LogP contribution in [0.5, 0.6) is 0 Å². The number of carbonyl (C=O) groups excluding carboxylic acids is 3. The van der Waals surface area contributed by atoms with Gasteiger partial charge in [-0.05, 0) is 53.6 Å². The van der Waals surface area contributed by atoms with Gasteiger partial charge in [-0.1, -0.05) is 24.3 Å². The van der Waals surface area contributed by atoms with E-state index >= 15 is 0 Å². The topological polar surface area (TPSA) is 60.4 Å². The zero-order chi connectivity index (χ0) is 19.0. The van der Waals surface area contributed by atoms with Crippen molar-refractivity contribution in [3.05, 3.63) is 94.8 Å². The molecule has 1 aliphatic carbocycles. The Labute approximate surface area is 154 Å². The zero-order valence-corrected chi connectivity index (χ0v) is 14.1. The van der Waals surface area contributed by atoms with E-state index in [0.717, 1.165) is 5.56 Å². The molecule has 0 saturated heterocycles. The van der Waals surface area contributed by atoms with Crippen LogP contribution in [0.15, 0.2) is 66.7 Å². The van der Waals surface area contributed by atoms with Gasteiger partial charge in [0.1, 0.15) is 5.82 Å². The number of ether oxygens (including phenoxy) is 1. The van der Waals surface area contributed by atoms with Crippen molar-refractivity contribution in [2.75, 3.05) is 6.61 Å². The van der Waals surface area contributed by atoms with Crippen LogP contribution >= 0.6 is 0 Å². The fourth-order valence-electron chi connectivity index (χ4n) is 3.09. The summed E-state index contributed by atoms with van der Waals surface area (Å²) in [4.78, 5) is 36.7. The lowest BCUT2D eigenvalue weighted by molar-refractivity contribution is 0.0474. The molecule has 27 heavy (non-hydrogen) atoms. The fraction of sp³-hybridized carbons (Fsp3) is 0.0455. The molecule has 0 saturated carbocycles. The van der Waals surface area contributed by atoms with Crippen LogP contribution in [0.4, 0.5) is 4.39 Å². The summed E-state index contributed by atoms with van der Waals surface area (Å²) < 4.78 is 18.0. The lowest BCUT2D eigenvalue weighted by Gasteiger charge is -2.06. The van der Waals surface area contributed by atoms with Gasteiger partial charge in [0.25, 0.3) is 0 Å². The minimum absolute atomic E-state index is 0.0768. The van der Waals surface area contributed by atoms with Crippen molar-refractivity contribution in [2.24, 2.45) is 0 Å². The Hall–Kier alpha value is -3.60. The Morgan fingerprint density at radius 3 is 2.15 bits per heavy atom. The van der Waals surface area contributed by atoms with Gasteiger partial charge in [-0.3, -0.25) is 9.59 Å². The van der Waals surface area contributed by atoms with E-state index in [-0.39, 0.29) is 16.9 Å². The standard InChI is InChI=1S/C22H13FO4/c23-15-8-5-13(6-9-15)20(24)12-27-22(26)14-7-10-18-19(11-14)16-3-1-2-4-17(16)21(18)25/h1-11H,12H2. The maximum Gasteiger partial charge on any atom is 0.338 e. The van der Waals surface area contributed by atoms with Crippen LogP contribution in [0.1, 0.15) is 36.6 Å². The number of hydrogen-bond donors (Lipinski definition) is 0. The van der Waals surface area contributed by atoms with Crippen molar-refractivity contribution in [3.63, 3.8) is 0 Å². The number of ketones is 2. The smallest absolute Gasteiger partial charge is 0.338 e. The number of Topliss-reactive ketones (excluding diaryl/α,β-unsaturated/α-hetero) is 1. The third-order valence-corrected chi connectivity index (χ3v) is 4.46. The summed E-state index contributed by atoms with van der Waals surface area (Å²) in [5, 5.41) is 0. The molecule has 0 spiro atoms. The number of carbonyl (C=O) groups is 3. The predicted molar refractivity (Wildman–Crippen MR) is 96.3 cm³/mol. The molecule has 0 N–H and O–H groups in total. The van der Waals surface area contributed by atoms with Gasteiger partial charge in [0.2, 0.25) is 0 Å². The molecule has 0 aromatic heterocycles. The van der Waals surface area contributed by atoms with Crippen molar-refractivity contribution < 1.29 is 23.5 Å². The third-order valence-electron chi connectivity index (χ3n) is 4.46. The van der Waals surface area contributed by atoms with E-state index < -0.39 is 24.2 Å². The summed E-state index contributed by atoms with van der Waals surface area (Å²) in [5.41, 5.74) is 3.10. The highest BCUT2D eigenvalue weighted by Crippen LogP contribution is 2.36. The highest BCUT2D eigenvalue weighted by Gasteiger charge is 2.27. The molecule has 0 amide bonds. The van der Waals surface area contributed by atoms with Crippen LogP contribution in [0.3, 0.4) is 0 Å². The number of benzene rings is 3. The van der Waals surface area contributed by atoms with Crippen molar-refractivity contribution in [2.45, 2.75) is 0 Å². The van der Waals surface area contributed by atoms with E-state index in [1.165, 1.54) is 30.3 Å². The maximum atomic E-state index is 12.9. The quantitative estimate of drug-likeness (QED) is 0.406. The molecular formula is C22H13FO4. The first-order valence-corrected chi connectivity index (χ1v) is 8.28. The van der Waals surface area contributed by atoms with Gasteiger partial charge in [-0.25, -0.2) is 9.18 Å². The molecule has 4 rings (SSSR count). The largest absolute Gasteiger partial charge is 0.454 e. The molecule has 1 aliphatic rings. The van der Waals surface area contributed by atoms with Gasteiger partial charge in [-0.2, -0.15) is 0 Å². The van der Waals surface area contributed by atoms with Crippen LogP contribution in [0.25, 0.3) is 11.1 Å². The third kappa shape index (κ3) is 3.04. The summed E-state index contributed by atoms with van der Waals surface area (Å²) in [6, 6.07) is 16.9. The molecule has 0 fully saturated rings.